The van der Waals surface area contributed by atoms with Crippen LogP contribution in [-0.2, 0) is 0 Å². The average molecular weight is 212 g/mol. The van der Waals surface area contributed by atoms with E-state index in [0.717, 1.165) is 11.1 Å². The molecule has 0 saturated heterocycles. The highest BCUT2D eigenvalue weighted by molar-refractivity contribution is 5.69. The molecule has 0 fully saturated rings. The summed E-state index contributed by atoms with van der Waals surface area (Å²) in [5.74, 6) is 0. The molecule has 80 valence electrons. The Kier molecular flexibility index (Phi) is 2.45. The predicted octanol–water partition coefficient (Wildman–Crippen LogP) is 2.27. The zero-order valence-electron chi connectivity index (χ0n) is 9.50. The Labute approximate surface area is 93.9 Å². The van der Waals surface area contributed by atoms with Gasteiger partial charge in [0.25, 0.3) is 0 Å². The van der Waals surface area contributed by atoms with Gasteiger partial charge in [-0.1, -0.05) is 6.07 Å². The van der Waals surface area contributed by atoms with Gasteiger partial charge in [-0.15, -0.1) is 5.10 Å². The molecule has 0 aliphatic carbocycles. The van der Waals surface area contributed by atoms with E-state index in [4.69, 9.17) is 5.26 Å². The number of nitriles is 1. The van der Waals surface area contributed by atoms with Gasteiger partial charge < -0.3 is 0 Å². The van der Waals surface area contributed by atoms with Crippen LogP contribution in [-0.4, -0.2) is 15.4 Å². The first-order valence-electron chi connectivity index (χ1n) is 5.02. The molecule has 0 bridgehead atoms. The van der Waals surface area contributed by atoms with Crippen LogP contribution >= 0.6 is 0 Å². The van der Waals surface area contributed by atoms with Gasteiger partial charge in [-0.2, -0.15) is 15.6 Å². The normalized spacial score (nSPS) is 10.1. The van der Waals surface area contributed by atoms with Gasteiger partial charge in [0.15, 0.2) is 5.69 Å². The van der Waals surface area contributed by atoms with Gasteiger partial charge in [0.1, 0.15) is 11.8 Å². The van der Waals surface area contributed by atoms with Crippen molar-refractivity contribution in [3.63, 3.8) is 0 Å². The first-order valence-corrected chi connectivity index (χ1v) is 5.02. The summed E-state index contributed by atoms with van der Waals surface area (Å²) in [4.78, 5) is 0. The minimum atomic E-state index is 0.339. The van der Waals surface area contributed by atoms with E-state index in [2.05, 4.69) is 28.4 Å². The molecule has 0 aliphatic heterocycles. The van der Waals surface area contributed by atoms with Crippen LogP contribution in [0, 0.1) is 32.1 Å². The van der Waals surface area contributed by atoms with Crippen LogP contribution in [0.4, 0.5) is 0 Å². The van der Waals surface area contributed by atoms with Crippen LogP contribution in [0.1, 0.15) is 22.4 Å². The number of nitrogens with zero attached hydrogens (tertiary/aromatic N) is 3. The van der Waals surface area contributed by atoms with Crippen LogP contribution in [0.5, 0.6) is 0 Å². The van der Waals surface area contributed by atoms with Gasteiger partial charge in [-0.05, 0) is 43.5 Å². The van der Waals surface area contributed by atoms with Gasteiger partial charge in [0.05, 0.1) is 0 Å². The second-order valence-corrected chi connectivity index (χ2v) is 3.88. The highest BCUT2D eigenvalue weighted by Gasteiger charge is 2.12. The summed E-state index contributed by atoms with van der Waals surface area (Å²) in [5, 5.41) is 19.2. The molecule has 1 N–H and O–H groups in total. The first kappa shape index (κ1) is 10.4. The summed E-state index contributed by atoms with van der Waals surface area (Å²) in [7, 11) is 0. The predicted molar refractivity (Wildman–Crippen MR) is 60.7 cm³/mol. The lowest BCUT2D eigenvalue weighted by atomic mass is 9.98. The third-order valence-corrected chi connectivity index (χ3v) is 2.75. The van der Waals surface area contributed by atoms with E-state index < -0.39 is 0 Å². The first-order chi connectivity index (χ1) is 7.63. The lowest BCUT2D eigenvalue weighted by Crippen LogP contribution is -1.91. The van der Waals surface area contributed by atoms with Gasteiger partial charge in [0, 0.05) is 5.56 Å². The molecule has 0 amide bonds. The molecule has 0 radical (unpaired) electrons. The van der Waals surface area contributed by atoms with E-state index in [1.807, 2.05) is 26.0 Å². The number of nitrogens with one attached hydrogen (secondary N) is 1. The molecule has 0 saturated carbocycles. The van der Waals surface area contributed by atoms with Crippen molar-refractivity contribution in [3.05, 3.63) is 34.5 Å². The number of aryl methyl sites for hydroxylation is 3. The number of rotatable bonds is 1. The third kappa shape index (κ3) is 1.57. The summed E-state index contributed by atoms with van der Waals surface area (Å²) < 4.78 is 0. The second kappa shape index (κ2) is 3.78. The molecule has 4 nitrogen and oxygen atoms in total. The van der Waals surface area contributed by atoms with Crippen molar-refractivity contribution in [2.75, 3.05) is 0 Å². The molecular weight excluding hydrogens is 200 g/mol. The van der Waals surface area contributed by atoms with Gasteiger partial charge in [-0.25, -0.2) is 0 Å². The van der Waals surface area contributed by atoms with Crippen molar-refractivity contribution in [3.8, 4) is 17.3 Å². The highest BCUT2D eigenvalue weighted by atomic mass is 15.3. The van der Waals surface area contributed by atoms with Gasteiger partial charge in [0.2, 0.25) is 0 Å². The zero-order valence-corrected chi connectivity index (χ0v) is 9.50. The molecule has 1 aromatic heterocycles. The van der Waals surface area contributed by atoms with Crippen LogP contribution in [0.25, 0.3) is 11.3 Å². The molecule has 4 heteroatoms. The highest BCUT2D eigenvalue weighted by Crippen LogP contribution is 2.26. The molecule has 0 aliphatic rings. The number of aromatic amines is 1. The number of aromatic nitrogens is 3. The minimum absolute atomic E-state index is 0.339. The summed E-state index contributed by atoms with van der Waals surface area (Å²) in [6.45, 7) is 6.13. The Morgan fingerprint density at radius 3 is 2.44 bits per heavy atom. The van der Waals surface area contributed by atoms with Crippen molar-refractivity contribution >= 4 is 0 Å². The van der Waals surface area contributed by atoms with Gasteiger partial charge in [-0.3, -0.25) is 0 Å². The fourth-order valence-electron chi connectivity index (χ4n) is 1.71. The molecule has 0 unspecified atom stereocenters. The fourth-order valence-corrected chi connectivity index (χ4v) is 1.71. The Morgan fingerprint density at radius 2 is 1.75 bits per heavy atom. The van der Waals surface area contributed by atoms with Crippen molar-refractivity contribution in [1.82, 2.24) is 15.4 Å². The molecule has 16 heavy (non-hydrogen) atoms. The molecule has 2 rings (SSSR count). The molecule has 0 atom stereocenters. The Hall–Kier alpha value is -2.15. The topological polar surface area (TPSA) is 65.4 Å². The molecule has 1 aromatic carbocycles. The maximum atomic E-state index is 8.91. The van der Waals surface area contributed by atoms with E-state index in [0.29, 0.717) is 11.4 Å². The summed E-state index contributed by atoms with van der Waals surface area (Å²) in [6.07, 6.45) is 0. The van der Waals surface area contributed by atoms with E-state index in [1.54, 1.807) is 0 Å². The molecular formula is C12H12N4. The zero-order chi connectivity index (χ0) is 11.7. The molecule has 0 spiro atoms. The summed E-state index contributed by atoms with van der Waals surface area (Å²) >= 11 is 0. The Balaban J connectivity index is 2.66. The third-order valence-electron chi connectivity index (χ3n) is 2.75. The number of benzene rings is 1. The number of H-pyrrole nitrogens is 1. The van der Waals surface area contributed by atoms with E-state index in [9.17, 15) is 0 Å². The maximum absolute atomic E-state index is 8.91. The smallest absolute Gasteiger partial charge is 0.190 e. The molecule has 2 aromatic rings. The lowest BCUT2D eigenvalue weighted by Gasteiger charge is -2.07. The minimum Gasteiger partial charge on any atom is -0.196 e. The number of hydrogen-bond acceptors (Lipinski definition) is 3. The lowest BCUT2D eigenvalue weighted by molar-refractivity contribution is 0.937. The maximum Gasteiger partial charge on any atom is 0.190 e. The Bertz CT molecular complexity index is 575. The van der Waals surface area contributed by atoms with Crippen molar-refractivity contribution in [2.45, 2.75) is 20.8 Å². The average Bonchev–Trinajstić information content (AvgIpc) is 2.71. The van der Waals surface area contributed by atoms with E-state index in [-0.39, 0.29) is 0 Å². The van der Waals surface area contributed by atoms with Crippen LogP contribution in [0.15, 0.2) is 12.1 Å². The van der Waals surface area contributed by atoms with E-state index in [1.165, 1.54) is 11.1 Å². The van der Waals surface area contributed by atoms with Crippen LogP contribution < -0.4 is 0 Å². The Morgan fingerprint density at radius 1 is 1.06 bits per heavy atom. The van der Waals surface area contributed by atoms with Crippen molar-refractivity contribution in [2.24, 2.45) is 0 Å². The summed E-state index contributed by atoms with van der Waals surface area (Å²) in [6, 6.07) is 6.17. The SMILES string of the molecule is Cc1cc(C)c(-c2n[nH]nc2C#N)cc1C. The quantitative estimate of drug-likeness (QED) is 0.788. The van der Waals surface area contributed by atoms with Gasteiger partial charge >= 0.3 is 0 Å². The largest absolute Gasteiger partial charge is 0.196 e. The van der Waals surface area contributed by atoms with Crippen molar-refractivity contribution < 1.29 is 0 Å². The monoisotopic (exact) mass is 212 g/mol. The standard InChI is InChI=1S/C12H12N4/c1-7-4-9(3)10(5-8(7)2)12-11(6-13)14-16-15-12/h4-5H,1-3H3,(H,14,15,16). The second-order valence-electron chi connectivity index (χ2n) is 3.88. The van der Waals surface area contributed by atoms with Crippen molar-refractivity contribution in [1.29, 1.82) is 5.26 Å². The van der Waals surface area contributed by atoms with Crippen LogP contribution in [0.3, 0.4) is 0 Å². The summed E-state index contributed by atoms with van der Waals surface area (Å²) in [5.41, 5.74) is 5.46. The molecule has 1 heterocycles. The fraction of sp³-hybridized carbons (Fsp3) is 0.250. The number of hydrogen-bond donors (Lipinski definition) is 1. The van der Waals surface area contributed by atoms with Crippen LogP contribution in [0.2, 0.25) is 0 Å². The van der Waals surface area contributed by atoms with E-state index >= 15 is 0 Å².